The molecule has 2 heterocycles. The molecule has 2 aromatic carbocycles. The summed E-state index contributed by atoms with van der Waals surface area (Å²) in [7, 11) is 0. The van der Waals surface area contributed by atoms with E-state index < -0.39 is 17.1 Å². The molecule has 0 spiro atoms. The summed E-state index contributed by atoms with van der Waals surface area (Å²) in [6, 6.07) is 12.1. The molecule has 0 aliphatic heterocycles. The van der Waals surface area contributed by atoms with Crippen molar-refractivity contribution in [1.29, 1.82) is 0 Å². The van der Waals surface area contributed by atoms with Crippen molar-refractivity contribution in [3.8, 4) is 5.69 Å². The standard InChI is InChI=1S/C22H18ClFN6O3S/c1-12-2-5-14(8-17(12)23)25-20(32)11-34-22-29-28-18(9-15-10-19(31)27-21(33)26-15)30(22)16-6-3-13(24)4-7-16/h2-8,10H,9,11H2,1H3,(H,25,32)(H2,26,27,31,33). The van der Waals surface area contributed by atoms with Crippen molar-refractivity contribution in [3.05, 3.63) is 97.3 Å². The number of aromatic amines is 2. The molecule has 2 aromatic heterocycles. The van der Waals surface area contributed by atoms with Gasteiger partial charge < -0.3 is 10.3 Å². The Morgan fingerprint density at radius 3 is 2.59 bits per heavy atom. The van der Waals surface area contributed by atoms with Gasteiger partial charge in [-0.2, -0.15) is 0 Å². The number of amides is 1. The van der Waals surface area contributed by atoms with Gasteiger partial charge in [-0.1, -0.05) is 29.4 Å². The lowest BCUT2D eigenvalue weighted by Gasteiger charge is -2.11. The zero-order valence-electron chi connectivity index (χ0n) is 17.8. The van der Waals surface area contributed by atoms with Crippen molar-refractivity contribution in [3.63, 3.8) is 0 Å². The first-order valence-corrected chi connectivity index (χ1v) is 11.4. The lowest BCUT2D eigenvalue weighted by molar-refractivity contribution is -0.113. The maximum absolute atomic E-state index is 13.5. The molecule has 0 atom stereocenters. The first kappa shape index (κ1) is 23.5. The van der Waals surface area contributed by atoms with Crippen LogP contribution in [0.3, 0.4) is 0 Å². The van der Waals surface area contributed by atoms with Gasteiger partial charge in [0.05, 0.1) is 5.75 Å². The number of H-pyrrole nitrogens is 2. The van der Waals surface area contributed by atoms with E-state index in [-0.39, 0.29) is 18.1 Å². The maximum Gasteiger partial charge on any atom is 0.325 e. The van der Waals surface area contributed by atoms with Gasteiger partial charge in [0.2, 0.25) is 5.91 Å². The minimum atomic E-state index is -0.641. The topological polar surface area (TPSA) is 126 Å². The molecule has 0 aliphatic rings. The Hall–Kier alpha value is -3.70. The quantitative estimate of drug-likeness (QED) is 0.335. The number of carbonyl (C=O) groups is 1. The summed E-state index contributed by atoms with van der Waals surface area (Å²) in [5, 5.41) is 12.0. The van der Waals surface area contributed by atoms with Gasteiger partial charge in [-0.15, -0.1) is 10.2 Å². The average Bonchev–Trinajstić information content (AvgIpc) is 3.17. The molecular weight excluding hydrogens is 483 g/mol. The first-order chi connectivity index (χ1) is 16.3. The van der Waals surface area contributed by atoms with Gasteiger partial charge >= 0.3 is 5.69 Å². The third kappa shape index (κ3) is 5.61. The number of aromatic nitrogens is 5. The van der Waals surface area contributed by atoms with E-state index in [0.29, 0.717) is 33.1 Å². The molecule has 0 unspecified atom stereocenters. The lowest BCUT2D eigenvalue weighted by Crippen LogP contribution is -2.23. The number of benzene rings is 2. The van der Waals surface area contributed by atoms with Crippen molar-refractivity contribution < 1.29 is 9.18 Å². The largest absolute Gasteiger partial charge is 0.325 e. The van der Waals surface area contributed by atoms with Crippen LogP contribution in [0.1, 0.15) is 17.1 Å². The molecule has 0 aliphatic carbocycles. The minimum absolute atomic E-state index is 0.0205. The predicted octanol–water partition coefficient (Wildman–Crippen LogP) is 3.07. The highest BCUT2D eigenvalue weighted by molar-refractivity contribution is 7.99. The maximum atomic E-state index is 13.5. The number of aryl methyl sites for hydroxylation is 1. The Kier molecular flexibility index (Phi) is 6.94. The number of thioether (sulfide) groups is 1. The van der Waals surface area contributed by atoms with Gasteiger partial charge in [0.1, 0.15) is 11.6 Å². The molecule has 1 amide bonds. The van der Waals surface area contributed by atoms with Gasteiger partial charge in [0.25, 0.3) is 5.56 Å². The van der Waals surface area contributed by atoms with Gasteiger partial charge in [-0.25, -0.2) is 9.18 Å². The number of hydrogen-bond acceptors (Lipinski definition) is 6. The normalized spacial score (nSPS) is 10.9. The van der Waals surface area contributed by atoms with Crippen molar-refractivity contribution in [2.24, 2.45) is 0 Å². The number of carbonyl (C=O) groups excluding carboxylic acids is 1. The average molecular weight is 501 g/mol. The van der Waals surface area contributed by atoms with Gasteiger partial charge in [-0.3, -0.25) is 19.1 Å². The Morgan fingerprint density at radius 2 is 1.88 bits per heavy atom. The molecule has 9 nitrogen and oxygen atoms in total. The van der Waals surface area contributed by atoms with Crippen LogP contribution in [0.2, 0.25) is 5.02 Å². The molecule has 0 radical (unpaired) electrons. The zero-order chi connectivity index (χ0) is 24.2. The zero-order valence-corrected chi connectivity index (χ0v) is 19.3. The Bertz CT molecular complexity index is 1440. The molecule has 4 rings (SSSR count). The van der Waals surface area contributed by atoms with Crippen molar-refractivity contribution >= 4 is 35.0 Å². The van der Waals surface area contributed by atoms with Gasteiger partial charge in [-0.05, 0) is 48.9 Å². The second-order valence-electron chi connectivity index (χ2n) is 7.30. The fourth-order valence-corrected chi connectivity index (χ4v) is 4.09. The third-order valence-electron chi connectivity index (χ3n) is 4.74. The van der Waals surface area contributed by atoms with Crippen LogP contribution in [0, 0.1) is 12.7 Å². The summed E-state index contributed by atoms with van der Waals surface area (Å²) in [5.41, 5.74) is 1.17. The van der Waals surface area contributed by atoms with E-state index in [1.165, 1.54) is 18.2 Å². The number of nitrogens with one attached hydrogen (secondary N) is 3. The summed E-state index contributed by atoms with van der Waals surface area (Å²) in [6.45, 7) is 1.87. The van der Waals surface area contributed by atoms with Gasteiger partial charge in [0, 0.05) is 34.6 Å². The van der Waals surface area contributed by atoms with E-state index in [2.05, 4.69) is 25.5 Å². The van der Waals surface area contributed by atoms with E-state index in [0.717, 1.165) is 17.3 Å². The molecule has 0 saturated carbocycles. The summed E-state index contributed by atoms with van der Waals surface area (Å²) in [6.07, 6.45) is 0.0815. The summed E-state index contributed by atoms with van der Waals surface area (Å²) >= 11 is 7.24. The van der Waals surface area contributed by atoms with Crippen LogP contribution >= 0.6 is 23.4 Å². The molecule has 0 fully saturated rings. The Balaban J connectivity index is 1.58. The molecule has 0 bridgehead atoms. The molecule has 0 saturated heterocycles. The molecule has 4 aromatic rings. The van der Waals surface area contributed by atoms with Crippen LogP contribution < -0.4 is 16.6 Å². The fraction of sp³-hybridized carbons (Fsp3) is 0.136. The highest BCUT2D eigenvalue weighted by atomic mass is 35.5. The highest BCUT2D eigenvalue weighted by Gasteiger charge is 2.17. The van der Waals surface area contributed by atoms with Crippen LogP contribution in [-0.2, 0) is 11.2 Å². The smallest absolute Gasteiger partial charge is 0.325 e. The van der Waals surface area contributed by atoms with E-state index in [1.807, 2.05) is 13.0 Å². The van der Waals surface area contributed by atoms with Crippen LogP contribution in [0.5, 0.6) is 0 Å². The summed E-state index contributed by atoms with van der Waals surface area (Å²) < 4.78 is 15.1. The number of hydrogen-bond donors (Lipinski definition) is 3. The second-order valence-corrected chi connectivity index (χ2v) is 8.65. The molecule has 34 heavy (non-hydrogen) atoms. The SMILES string of the molecule is Cc1ccc(NC(=O)CSc2nnc(Cc3cc(=O)[nH]c(=O)[nH]3)n2-c2ccc(F)cc2)cc1Cl. The van der Waals surface area contributed by atoms with E-state index in [9.17, 15) is 18.8 Å². The second kappa shape index (κ2) is 10.1. The van der Waals surface area contributed by atoms with Crippen LogP contribution in [0.4, 0.5) is 10.1 Å². The van der Waals surface area contributed by atoms with Gasteiger partial charge in [0.15, 0.2) is 5.16 Å². The summed E-state index contributed by atoms with van der Waals surface area (Å²) in [5.74, 6) is -0.282. The Morgan fingerprint density at radius 1 is 1.12 bits per heavy atom. The van der Waals surface area contributed by atoms with Crippen LogP contribution in [0.15, 0.2) is 63.3 Å². The molecule has 3 N–H and O–H groups in total. The lowest BCUT2D eigenvalue weighted by atomic mass is 10.2. The van der Waals surface area contributed by atoms with Crippen molar-refractivity contribution in [2.75, 3.05) is 11.1 Å². The van der Waals surface area contributed by atoms with E-state index in [4.69, 9.17) is 11.6 Å². The third-order valence-corrected chi connectivity index (χ3v) is 6.07. The molecule has 174 valence electrons. The Labute approximate surface area is 201 Å². The number of halogens is 2. The number of anilines is 1. The first-order valence-electron chi connectivity index (χ1n) is 10.00. The molecular formula is C22H18ClFN6O3S. The summed E-state index contributed by atoms with van der Waals surface area (Å²) in [4.78, 5) is 40.4. The number of nitrogens with zero attached hydrogens (tertiary/aromatic N) is 3. The van der Waals surface area contributed by atoms with Crippen LogP contribution in [-0.4, -0.2) is 36.4 Å². The minimum Gasteiger partial charge on any atom is -0.325 e. The number of rotatable bonds is 7. The van der Waals surface area contributed by atoms with Crippen molar-refractivity contribution in [2.45, 2.75) is 18.5 Å². The fourth-order valence-electron chi connectivity index (χ4n) is 3.14. The predicted molar refractivity (Wildman–Crippen MR) is 127 cm³/mol. The van der Waals surface area contributed by atoms with E-state index in [1.54, 1.807) is 28.8 Å². The van der Waals surface area contributed by atoms with Crippen molar-refractivity contribution in [1.82, 2.24) is 24.7 Å². The molecule has 12 heteroatoms. The van der Waals surface area contributed by atoms with E-state index >= 15 is 0 Å². The monoisotopic (exact) mass is 500 g/mol. The highest BCUT2D eigenvalue weighted by Crippen LogP contribution is 2.24. The van der Waals surface area contributed by atoms with Crippen LogP contribution in [0.25, 0.3) is 5.69 Å².